The first-order chi connectivity index (χ1) is 14.3. The molecule has 6 nitrogen and oxygen atoms in total. The molecule has 2 aliphatic heterocycles. The third-order valence-corrected chi connectivity index (χ3v) is 5.04. The van der Waals surface area contributed by atoms with Crippen molar-refractivity contribution in [3.63, 3.8) is 0 Å². The summed E-state index contributed by atoms with van der Waals surface area (Å²) in [4.78, 5) is 0. The highest BCUT2D eigenvalue weighted by atomic mass is 16.8. The quantitative estimate of drug-likeness (QED) is 0.724. The van der Waals surface area contributed by atoms with Gasteiger partial charge in [0.1, 0.15) is 24.4 Å². The lowest BCUT2D eigenvalue weighted by atomic mass is 9.97. The number of aliphatic hydroxyl groups excluding tert-OH is 1. The fraction of sp³-hybridized carbons (Fsp3) is 0.391. The predicted molar refractivity (Wildman–Crippen MR) is 106 cm³/mol. The zero-order valence-corrected chi connectivity index (χ0v) is 16.1. The molecule has 0 aromatic heterocycles. The number of benzene rings is 2. The summed E-state index contributed by atoms with van der Waals surface area (Å²) >= 11 is 0. The summed E-state index contributed by atoms with van der Waals surface area (Å²) in [5, 5.41) is 10.9. The molecule has 0 amide bonds. The van der Waals surface area contributed by atoms with Crippen molar-refractivity contribution >= 4 is 0 Å². The molecule has 2 fully saturated rings. The minimum Gasteiger partial charge on any atom is -0.385 e. The molecular formula is C23H26O6. The zero-order chi connectivity index (χ0) is 20.1. The monoisotopic (exact) mass is 398 g/mol. The van der Waals surface area contributed by atoms with Gasteiger partial charge < -0.3 is 28.8 Å². The molecule has 1 N–H and O–H groups in total. The fourth-order valence-corrected chi connectivity index (χ4v) is 3.60. The maximum atomic E-state index is 10.9. The summed E-state index contributed by atoms with van der Waals surface area (Å²) in [6.07, 6.45) is -2.29. The lowest BCUT2D eigenvalue weighted by molar-refractivity contribution is -0.365. The minimum atomic E-state index is -1.01. The topological polar surface area (TPSA) is 66.4 Å². The van der Waals surface area contributed by atoms with Crippen LogP contribution in [0.1, 0.15) is 17.4 Å². The van der Waals surface area contributed by atoms with Crippen LogP contribution in [0.25, 0.3) is 0 Å². The number of fused-ring (bicyclic) bond motifs is 1. The van der Waals surface area contributed by atoms with E-state index in [1.807, 2.05) is 60.7 Å². The third kappa shape index (κ3) is 4.75. The van der Waals surface area contributed by atoms with Crippen molar-refractivity contribution in [3.8, 4) is 0 Å². The normalized spacial score (nSPS) is 31.8. The molecule has 29 heavy (non-hydrogen) atoms. The highest BCUT2D eigenvalue weighted by Gasteiger charge is 2.50. The van der Waals surface area contributed by atoms with Crippen LogP contribution in [-0.2, 0) is 30.3 Å². The second-order valence-corrected chi connectivity index (χ2v) is 7.09. The molecule has 0 aliphatic carbocycles. The summed E-state index contributed by atoms with van der Waals surface area (Å²) in [5.41, 5.74) is 1.92. The summed E-state index contributed by atoms with van der Waals surface area (Å²) < 4.78 is 29.7. The van der Waals surface area contributed by atoms with Gasteiger partial charge in [0.25, 0.3) is 0 Å². The Bertz CT molecular complexity index is 767. The van der Waals surface area contributed by atoms with Crippen LogP contribution in [0.15, 0.2) is 73.3 Å². The predicted octanol–water partition coefficient (Wildman–Crippen LogP) is 2.97. The SMILES string of the molecule is C=CCO[C@@H]1O[C@H]2COC(c3ccccc3)O[C@H]2[C@H](OCc2ccccc2)[C@H]1O. The lowest BCUT2D eigenvalue weighted by Gasteiger charge is -2.47. The van der Waals surface area contributed by atoms with E-state index >= 15 is 0 Å². The van der Waals surface area contributed by atoms with Gasteiger partial charge in [0.2, 0.25) is 0 Å². The van der Waals surface area contributed by atoms with Crippen LogP contribution in [0.3, 0.4) is 0 Å². The Hall–Kier alpha value is -2.06. The van der Waals surface area contributed by atoms with Crippen molar-refractivity contribution in [2.24, 2.45) is 0 Å². The summed E-state index contributed by atoms with van der Waals surface area (Å²) in [5.74, 6) is 0. The van der Waals surface area contributed by atoms with Crippen LogP contribution in [0.2, 0.25) is 0 Å². The fourth-order valence-electron chi connectivity index (χ4n) is 3.60. The van der Waals surface area contributed by atoms with Gasteiger partial charge in [-0.2, -0.15) is 0 Å². The summed E-state index contributed by atoms with van der Waals surface area (Å²) in [6.45, 7) is 4.57. The van der Waals surface area contributed by atoms with E-state index in [1.165, 1.54) is 0 Å². The first-order valence-electron chi connectivity index (χ1n) is 9.80. The van der Waals surface area contributed by atoms with Crippen molar-refractivity contribution in [1.29, 1.82) is 0 Å². The molecule has 6 atom stereocenters. The Kier molecular flexibility index (Phi) is 6.71. The van der Waals surface area contributed by atoms with Gasteiger partial charge in [-0.15, -0.1) is 6.58 Å². The van der Waals surface area contributed by atoms with E-state index in [0.717, 1.165) is 11.1 Å². The Balaban J connectivity index is 1.51. The second kappa shape index (κ2) is 9.63. The van der Waals surface area contributed by atoms with Crippen molar-refractivity contribution < 1.29 is 28.8 Å². The van der Waals surface area contributed by atoms with Crippen LogP contribution < -0.4 is 0 Å². The van der Waals surface area contributed by atoms with E-state index in [-0.39, 0.29) is 6.61 Å². The number of ether oxygens (including phenoxy) is 5. The highest BCUT2D eigenvalue weighted by Crippen LogP contribution is 2.35. The van der Waals surface area contributed by atoms with E-state index in [9.17, 15) is 5.11 Å². The molecule has 0 bridgehead atoms. The minimum absolute atomic E-state index is 0.263. The molecule has 0 saturated carbocycles. The van der Waals surface area contributed by atoms with Crippen LogP contribution in [0.4, 0.5) is 0 Å². The van der Waals surface area contributed by atoms with Gasteiger partial charge in [0.15, 0.2) is 12.6 Å². The molecular weight excluding hydrogens is 372 g/mol. The molecule has 0 spiro atoms. The van der Waals surface area contributed by atoms with Gasteiger partial charge in [0.05, 0.1) is 19.8 Å². The van der Waals surface area contributed by atoms with Crippen LogP contribution in [0, 0.1) is 0 Å². The lowest BCUT2D eigenvalue weighted by Crippen LogP contribution is -2.63. The Morgan fingerprint density at radius 1 is 1.00 bits per heavy atom. The number of hydrogen-bond acceptors (Lipinski definition) is 6. The number of aliphatic hydroxyl groups is 1. The highest BCUT2D eigenvalue weighted by molar-refractivity contribution is 5.17. The maximum absolute atomic E-state index is 10.9. The van der Waals surface area contributed by atoms with Gasteiger partial charge in [-0.05, 0) is 5.56 Å². The smallest absolute Gasteiger partial charge is 0.187 e. The first-order valence-corrected chi connectivity index (χ1v) is 9.80. The Morgan fingerprint density at radius 2 is 1.72 bits per heavy atom. The standard InChI is InChI=1S/C23H26O6/c1-2-13-25-23-19(24)21(26-14-16-9-5-3-6-10-16)20-18(28-23)15-27-22(29-20)17-11-7-4-8-12-17/h2-12,18-24H,1,13-15H2/t18-,19+,20+,21+,22?,23+/m0/s1. The van der Waals surface area contributed by atoms with E-state index < -0.39 is 37.0 Å². The van der Waals surface area contributed by atoms with Gasteiger partial charge >= 0.3 is 0 Å². The molecule has 6 heteroatoms. The second-order valence-electron chi connectivity index (χ2n) is 7.09. The van der Waals surface area contributed by atoms with Crippen molar-refractivity contribution in [1.82, 2.24) is 0 Å². The van der Waals surface area contributed by atoms with Crippen molar-refractivity contribution in [2.45, 2.75) is 43.6 Å². The molecule has 0 radical (unpaired) electrons. The van der Waals surface area contributed by atoms with Crippen LogP contribution in [-0.4, -0.2) is 49.0 Å². The average Bonchev–Trinajstić information content (AvgIpc) is 2.78. The third-order valence-electron chi connectivity index (χ3n) is 5.04. The van der Waals surface area contributed by atoms with E-state index in [0.29, 0.717) is 13.2 Å². The van der Waals surface area contributed by atoms with E-state index in [2.05, 4.69) is 6.58 Å². The van der Waals surface area contributed by atoms with E-state index in [1.54, 1.807) is 6.08 Å². The maximum Gasteiger partial charge on any atom is 0.187 e. The molecule has 2 heterocycles. The van der Waals surface area contributed by atoms with Gasteiger partial charge in [-0.1, -0.05) is 66.7 Å². The zero-order valence-electron chi connectivity index (χ0n) is 16.1. The van der Waals surface area contributed by atoms with Gasteiger partial charge in [-0.25, -0.2) is 0 Å². The van der Waals surface area contributed by atoms with E-state index in [4.69, 9.17) is 23.7 Å². The van der Waals surface area contributed by atoms with Crippen molar-refractivity contribution in [2.75, 3.05) is 13.2 Å². The van der Waals surface area contributed by atoms with Crippen LogP contribution >= 0.6 is 0 Å². The van der Waals surface area contributed by atoms with Gasteiger partial charge in [0, 0.05) is 5.56 Å². The molecule has 4 rings (SSSR count). The summed E-state index contributed by atoms with van der Waals surface area (Å²) in [6, 6.07) is 19.5. The molecule has 2 saturated heterocycles. The Labute approximate surface area is 170 Å². The molecule has 2 aromatic rings. The van der Waals surface area contributed by atoms with Crippen LogP contribution in [0.5, 0.6) is 0 Å². The molecule has 154 valence electrons. The van der Waals surface area contributed by atoms with Gasteiger partial charge in [-0.3, -0.25) is 0 Å². The molecule has 2 aromatic carbocycles. The number of hydrogen-bond donors (Lipinski definition) is 1. The Morgan fingerprint density at radius 3 is 2.45 bits per heavy atom. The average molecular weight is 398 g/mol. The largest absolute Gasteiger partial charge is 0.385 e. The number of rotatable bonds is 7. The van der Waals surface area contributed by atoms with Crippen molar-refractivity contribution in [3.05, 3.63) is 84.4 Å². The molecule has 2 aliphatic rings. The summed E-state index contributed by atoms with van der Waals surface area (Å²) in [7, 11) is 0. The first kappa shape index (κ1) is 20.2. The molecule has 1 unspecified atom stereocenters.